The molecule has 0 spiro atoms. The quantitative estimate of drug-likeness (QED) is 0.352. The molecule has 1 N–H and O–H groups in total. The number of hydrogen-bond acceptors (Lipinski definition) is 3. The highest BCUT2D eigenvalue weighted by molar-refractivity contribution is 9.10. The topological polar surface area (TPSA) is 62.1 Å². The maximum absolute atomic E-state index is 12.5. The second kappa shape index (κ2) is 9.91. The molecule has 0 unspecified atom stereocenters. The van der Waals surface area contributed by atoms with Gasteiger partial charge in [0.15, 0.2) is 0 Å². The fraction of sp³-hybridized carbons (Fsp3) is 0.120. The molecule has 3 rings (SSSR count). The first kappa shape index (κ1) is 21.4. The van der Waals surface area contributed by atoms with Crippen molar-refractivity contribution in [2.75, 3.05) is 5.32 Å². The normalized spacial score (nSPS) is 10.9. The molecule has 0 aromatic heterocycles. The average Bonchev–Trinajstić information content (AvgIpc) is 2.71. The Hall–Kier alpha value is -3.36. The van der Waals surface area contributed by atoms with E-state index in [4.69, 9.17) is 4.74 Å². The van der Waals surface area contributed by atoms with Gasteiger partial charge >= 0.3 is 0 Å². The molecule has 3 aromatic rings. The maximum Gasteiger partial charge on any atom is 0.266 e. The van der Waals surface area contributed by atoms with Crippen molar-refractivity contribution in [3.05, 3.63) is 99.0 Å². The van der Waals surface area contributed by atoms with E-state index in [0.29, 0.717) is 23.6 Å². The van der Waals surface area contributed by atoms with Gasteiger partial charge in [-0.1, -0.05) is 63.5 Å². The van der Waals surface area contributed by atoms with Crippen LogP contribution in [0.3, 0.4) is 0 Å². The number of para-hydroxylation sites is 1. The average molecular weight is 461 g/mol. The molecule has 4 nitrogen and oxygen atoms in total. The van der Waals surface area contributed by atoms with Crippen molar-refractivity contribution in [3.63, 3.8) is 0 Å². The number of nitrogens with one attached hydrogen (secondary N) is 1. The Morgan fingerprint density at radius 2 is 1.77 bits per heavy atom. The first-order valence-electron chi connectivity index (χ1n) is 9.42. The van der Waals surface area contributed by atoms with Gasteiger partial charge < -0.3 is 10.1 Å². The molecule has 30 heavy (non-hydrogen) atoms. The standard InChI is InChI=1S/C25H21BrN2O2/c1-17-10-18(2)12-19(11-17)16-30-24-9-8-22(26)14-20(24)13-21(15-27)25(29)28-23-6-4-3-5-7-23/h3-14H,16H2,1-2H3,(H,28,29)/b21-13+. The minimum Gasteiger partial charge on any atom is -0.488 e. The first-order chi connectivity index (χ1) is 14.4. The van der Waals surface area contributed by atoms with Gasteiger partial charge in [0.1, 0.15) is 24.0 Å². The predicted molar refractivity (Wildman–Crippen MR) is 123 cm³/mol. The Balaban J connectivity index is 1.84. The van der Waals surface area contributed by atoms with Gasteiger partial charge in [0, 0.05) is 15.7 Å². The summed E-state index contributed by atoms with van der Waals surface area (Å²) < 4.78 is 6.85. The van der Waals surface area contributed by atoms with Crippen molar-refractivity contribution < 1.29 is 9.53 Å². The molecule has 0 bridgehead atoms. The van der Waals surface area contributed by atoms with E-state index in [2.05, 4.69) is 53.3 Å². The maximum atomic E-state index is 12.5. The number of benzene rings is 3. The lowest BCUT2D eigenvalue weighted by molar-refractivity contribution is -0.112. The summed E-state index contributed by atoms with van der Waals surface area (Å²) in [6.45, 7) is 4.49. The summed E-state index contributed by atoms with van der Waals surface area (Å²) in [4.78, 5) is 12.5. The molecule has 0 saturated heterocycles. The van der Waals surface area contributed by atoms with Crippen molar-refractivity contribution in [2.45, 2.75) is 20.5 Å². The molecule has 5 heteroatoms. The van der Waals surface area contributed by atoms with E-state index < -0.39 is 5.91 Å². The van der Waals surface area contributed by atoms with Crippen LogP contribution in [0.15, 0.2) is 76.8 Å². The van der Waals surface area contributed by atoms with Crippen LogP contribution in [0.25, 0.3) is 6.08 Å². The predicted octanol–water partition coefficient (Wildman–Crippen LogP) is 6.19. The number of carbonyl (C=O) groups excluding carboxylic acids is 1. The lowest BCUT2D eigenvalue weighted by Crippen LogP contribution is -2.13. The molecule has 0 aliphatic carbocycles. The van der Waals surface area contributed by atoms with Crippen LogP contribution < -0.4 is 10.1 Å². The van der Waals surface area contributed by atoms with Crippen LogP contribution in [-0.4, -0.2) is 5.91 Å². The number of amides is 1. The van der Waals surface area contributed by atoms with Crippen molar-refractivity contribution in [1.29, 1.82) is 5.26 Å². The third kappa shape index (κ3) is 5.82. The summed E-state index contributed by atoms with van der Waals surface area (Å²) in [5.74, 6) is 0.126. The molecule has 0 radical (unpaired) electrons. The molecule has 0 aliphatic heterocycles. The van der Waals surface area contributed by atoms with Gasteiger partial charge in [-0.05, 0) is 55.8 Å². The van der Waals surface area contributed by atoms with E-state index >= 15 is 0 Å². The molecule has 0 atom stereocenters. The lowest BCUT2D eigenvalue weighted by atomic mass is 10.1. The highest BCUT2D eigenvalue weighted by Gasteiger charge is 2.12. The third-order valence-corrected chi connectivity index (χ3v) is 4.84. The zero-order chi connectivity index (χ0) is 21.5. The van der Waals surface area contributed by atoms with Crippen LogP contribution in [0, 0.1) is 25.2 Å². The molecule has 150 valence electrons. The Morgan fingerprint density at radius 1 is 1.07 bits per heavy atom. The number of anilines is 1. The van der Waals surface area contributed by atoms with Crippen molar-refractivity contribution in [3.8, 4) is 11.8 Å². The van der Waals surface area contributed by atoms with E-state index in [-0.39, 0.29) is 5.57 Å². The number of rotatable bonds is 6. The lowest BCUT2D eigenvalue weighted by Gasteiger charge is -2.12. The second-order valence-electron chi connectivity index (χ2n) is 6.96. The van der Waals surface area contributed by atoms with Crippen molar-refractivity contribution >= 4 is 33.6 Å². The van der Waals surface area contributed by atoms with Crippen molar-refractivity contribution in [1.82, 2.24) is 0 Å². The number of hydrogen-bond donors (Lipinski definition) is 1. The minimum atomic E-state index is -0.469. The van der Waals surface area contributed by atoms with E-state index in [1.807, 2.05) is 42.5 Å². The SMILES string of the molecule is Cc1cc(C)cc(COc2ccc(Br)cc2/C=C(\C#N)C(=O)Nc2ccccc2)c1. The zero-order valence-electron chi connectivity index (χ0n) is 16.8. The number of carbonyl (C=O) groups is 1. The van der Waals surface area contributed by atoms with E-state index in [0.717, 1.165) is 10.0 Å². The number of nitriles is 1. The van der Waals surface area contributed by atoms with Gasteiger partial charge in [-0.2, -0.15) is 5.26 Å². The van der Waals surface area contributed by atoms with Gasteiger partial charge in [0.2, 0.25) is 0 Å². The van der Waals surface area contributed by atoms with E-state index in [9.17, 15) is 10.1 Å². The van der Waals surface area contributed by atoms with Crippen molar-refractivity contribution in [2.24, 2.45) is 0 Å². The number of ether oxygens (including phenoxy) is 1. The van der Waals surface area contributed by atoms with E-state index in [1.165, 1.54) is 11.1 Å². The van der Waals surface area contributed by atoms with Crippen LogP contribution in [0.2, 0.25) is 0 Å². The molecule has 0 aliphatic rings. The highest BCUT2D eigenvalue weighted by atomic mass is 79.9. The van der Waals surface area contributed by atoms with Gasteiger partial charge in [0.25, 0.3) is 5.91 Å². The summed E-state index contributed by atoms with van der Waals surface area (Å²) in [5, 5.41) is 12.3. The minimum absolute atomic E-state index is 0.00629. The Morgan fingerprint density at radius 3 is 2.43 bits per heavy atom. The van der Waals surface area contributed by atoms with Crippen LogP contribution in [0.4, 0.5) is 5.69 Å². The van der Waals surface area contributed by atoms with Gasteiger partial charge in [0.05, 0.1) is 0 Å². The van der Waals surface area contributed by atoms with E-state index in [1.54, 1.807) is 18.2 Å². The Kier molecular flexibility index (Phi) is 7.05. The van der Waals surface area contributed by atoms with Crippen LogP contribution in [0.1, 0.15) is 22.3 Å². The molecule has 1 amide bonds. The smallest absolute Gasteiger partial charge is 0.266 e. The van der Waals surface area contributed by atoms with Gasteiger partial charge in [-0.25, -0.2) is 0 Å². The Labute approximate surface area is 184 Å². The second-order valence-corrected chi connectivity index (χ2v) is 7.87. The summed E-state index contributed by atoms with van der Waals surface area (Å²) in [6, 6.07) is 22.8. The van der Waals surface area contributed by atoms with Gasteiger partial charge in [-0.3, -0.25) is 4.79 Å². The number of nitrogens with zero attached hydrogens (tertiary/aromatic N) is 1. The van der Waals surface area contributed by atoms with Crippen LogP contribution >= 0.6 is 15.9 Å². The fourth-order valence-corrected chi connectivity index (χ4v) is 3.48. The first-order valence-corrected chi connectivity index (χ1v) is 10.2. The monoisotopic (exact) mass is 460 g/mol. The fourth-order valence-electron chi connectivity index (χ4n) is 3.10. The molecule has 0 fully saturated rings. The summed E-state index contributed by atoms with van der Waals surface area (Å²) in [5.41, 5.74) is 4.68. The summed E-state index contributed by atoms with van der Waals surface area (Å²) >= 11 is 3.45. The molecule has 3 aromatic carbocycles. The highest BCUT2D eigenvalue weighted by Crippen LogP contribution is 2.27. The zero-order valence-corrected chi connectivity index (χ0v) is 18.4. The Bertz CT molecular complexity index is 1110. The molecular formula is C25H21BrN2O2. The molecule has 0 saturated carbocycles. The summed E-state index contributed by atoms with van der Waals surface area (Å²) in [7, 11) is 0. The van der Waals surface area contributed by atoms with Crippen LogP contribution in [-0.2, 0) is 11.4 Å². The summed E-state index contributed by atoms with van der Waals surface area (Å²) in [6.07, 6.45) is 1.54. The third-order valence-electron chi connectivity index (χ3n) is 4.34. The number of aryl methyl sites for hydroxylation is 2. The molecular weight excluding hydrogens is 440 g/mol. The van der Waals surface area contributed by atoms with Gasteiger partial charge in [-0.15, -0.1) is 0 Å². The largest absolute Gasteiger partial charge is 0.488 e. The van der Waals surface area contributed by atoms with Crippen LogP contribution in [0.5, 0.6) is 5.75 Å². The number of halogens is 1. The molecule has 0 heterocycles.